The molecule has 1 unspecified atom stereocenters. The zero-order valence-electron chi connectivity index (χ0n) is 10.7. The second kappa shape index (κ2) is 6.03. The smallest absolute Gasteiger partial charge is 0.136 e. The van der Waals surface area contributed by atoms with Crippen LogP contribution in [0.4, 0.5) is 0 Å². The van der Waals surface area contributed by atoms with E-state index in [2.05, 4.69) is 37.7 Å². The van der Waals surface area contributed by atoms with Gasteiger partial charge in [0.05, 0.1) is 0 Å². The number of aliphatic hydroxyl groups excluding tert-OH is 1. The van der Waals surface area contributed by atoms with Crippen LogP contribution in [0.3, 0.4) is 0 Å². The van der Waals surface area contributed by atoms with Crippen LogP contribution in [0.25, 0.3) is 0 Å². The lowest BCUT2D eigenvalue weighted by Gasteiger charge is -2.18. The molecule has 0 aliphatic carbocycles. The molecule has 1 aromatic rings. The van der Waals surface area contributed by atoms with Gasteiger partial charge in [-0.3, -0.25) is 0 Å². The molecule has 0 spiro atoms. The molecule has 0 radical (unpaired) electrons. The van der Waals surface area contributed by atoms with Crippen LogP contribution in [0.15, 0.2) is 11.1 Å². The molecular formula is C12H19ClN2OS. The Morgan fingerprint density at radius 2 is 2.06 bits per heavy atom. The van der Waals surface area contributed by atoms with Crippen molar-refractivity contribution >= 4 is 23.4 Å². The van der Waals surface area contributed by atoms with Gasteiger partial charge < -0.3 is 5.11 Å². The summed E-state index contributed by atoms with van der Waals surface area (Å²) >= 11 is 7.62. The highest BCUT2D eigenvalue weighted by atomic mass is 35.5. The maximum atomic E-state index is 8.88. The van der Waals surface area contributed by atoms with E-state index in [9.17, 15) is 0 Å². The molecule has 3 nitrogen and oxygen atoms in total. The third-order valence-corrected chi connectivity index (χ3v) is 3.48. The van der Waals surface area contributed by atoms with E-state index in [0.717, 1.165) is 17.3 Å². The monoisotopic (exact) mass is 274 g/mol. The van der Waals surface area contributed by atoms with Gasteiger partial charge in [-0.05, 0) is 6.42 Å². The van der Waals surface area contributed by atoms with Crippen LogP contribution in [0.2, 0.25) is 5.15 Å². The Balaban J connectivity index is 2.90. The maximum absolute atomic E-state index is 8.88. The summed E-state index contributed by atoms with van der Waals surface area (Å²) in [6.45, 7) is 8.44. The topological polar surface area (TPSA) is 46.0 Å². The molecule has 0 fully saturated rings. The molecule has 1 atom stereocenters. The van der Waals surface area contributed by atoms with Crippen molar-refractivity contribution < 1.29 is 5.11 Å². The minimum Gasteiger partial charge on any atom is -0.396 e. The van der Waals surface area contributed by atoms with E-state index >= 15 is 0 Å². The largest absolute Gasteiger partial charge is 0.396 e. The molecule has 17 heavy (non-hydrogen) atoms. The second-order valence-electron chi connectivity index (χ2n) is 5.04. The van der Waals surface area contributed by atoms with Crippen LogP contribution in [-0.4, -0.2) is 26.9 Å². The molecule has 1 aromatic heterocycles. The molecule has 0 saturated heterocycles. The average molecular weight is 275 g/mol. The molecule has 96 valence electrons. The van der Waals surface area contributed by atoms with E-state index < -0.39 is 0 Å². The van der Waals surface area contributed by atoms with Gasteiger partial charge in [-0.1, -0.05) is 39.3 Å². The highest BCUT2D eigenvalue weighted by molar-refractivity contribution is 7.99. The number of aromatic nitrogens is 2. The molecule has 0 aliphatic rings. The fraction of sp³-hybridized carbons (Fsp3) is 0.667. The molecule has 0 aromatic carbocycles. The zero-order chi connectivity index (χ0) is 13.1. The SMILES string of the molecule is CC(CCO)Sc1cc(Cl)nc(C(C)(C)C)n1. The van der Waals surface area contributed by atoms with E-state index in [1.165, 1.54) is 0 Å². The van der Waals surface area contributed by atoms with Gasteiger partial charge in [-0.2, -0.15) is 0 Å². The summed E-state index contributed by atoms with van der Waals surface area (Å²) in [4.78, 5) is 8.76. The minimum absolute atomic E-state index is 0.111. The number of aliphatic hydroxyl groups is 1. The van der Waals surface area contributed by atoms with Gasteiger partial charge in [-0.15, -0.1) is 11.8 Å². The van der Waals surface area contributed by atoms with Gasteiger partial charge in [0.25, 0.3) is 0 Å². The van der Waals surface area contributed by atoms with Gasteiger partial charge in [-0.25, -0.2) is 9.97 Å². The highest BCUT2D eigenvalue weighted by Gasteiger charge is 2.19. The van der Waals surface area contributed by atoms with Crippen LogP contribution in [0, 0.1) is 0 Å². The van der Waals surface area contributed by atoms with Crippen LogP contribution < -0.4 is 0 Å². The molecule has 0 bridgehead atoms. The second-order valence-corrected chi connectivity index (χ2v) is 6.89. The van der Waals surface area contributed by atoms with Crippen LogP contribution in [0.1, 0.15) is 39.9 Å². The maximum Gasteiger partial charge on any atom is 0.136 e. The fourth-order valence-corrected chi connectivity index (χ4v) is 2.44. The lowest BCUT2D eigenvalue weighted by Crippen LogP contribution is -2.16. The number of nitrogens with zero attached hydrogens (tertiary/aromatic N) is 2. The summed E-state index contributed by atoms with van der Waals surface area (Å²) in [7, 11) is 0. The number of hydrogen-bond acceptors (Lipinski definition) is 4. The molecule has 1 heterocycles. The predicted molar refractivity (Wildman–Crippen MR) is 72.8 cm³/mol. The molecule has 0 amide bonds. The van der Waals surface area contributed by atoms with Gasteiger partial charge in [0.1, 0.15) is 16.0 Å². The Kier molecular flexibility index (Phi) is 5.22. The summed E-state index contributed by atoms with van der Waals surface area (Å²) < 4.78 is 0. The summed E-state index contributed by atoms with van der Waals surface area (Å²) in [6.07, 6.45) is 0.747. The van der Waals surface area contributed by atoms with Gasteiger partial charge in [0.2, 0.25) is 0 Å². The van der Waals surface area contributed by atoms with Crippen molar-refractivity contribution in [3.8, 4) is 0 Å². The quantitative estimate of drug-likeness (QED) is 0.676. The van der Waals surface area contributed by atoms with E-state index in [0.29, 0.717) is 10.4 Å². The first-order valence-electron chi connectivity index (χ1n) is 5.65. The standard InChI is InChI=1S/C12H19ClN2OS/c1-8(5-6-16)17-10-7-9(13)14-11(15-10)12(2,3)4/h7-8,16H,5-6H2,1-4H3. The van der Waals surface area contributed by atoms with E-state index in [1.807, 2.05) is 0 Å². The summed E-state index contributed by atoms with van der Waals surface area (Å²) in [5.41, 5.74) is -0.111. The van der Waals surface area contributed by atoms with Crippen molar-refractivity contribution in [3.05, 3.63) is 17.0 Å². The first-order chi connectivity index (χ1) is 7.82. The molecule has 5 heteroatoms. The van der Waals surface area contributed by atoms with Crippen molar-refractivity contribution in [1.29, 1.82) is 0 Å². The minimum atomic E-state index is -0.111. The lowest BCUT2D eigenvalue weighted by atomic mass is 9.96. The van der Waals surface area contributed by atoms with E-state index in [1.54, 1.807) is 17.8 Å². The van der Waals surface area contributed by atoms with E-state index in [4.69, 9.17) is 16.7 Å². The van der Waals surface area contributed by atoms with Crippen molar-refractivity contribution in [2.45, 2.75) is 49.8 Å². The molecule has 1 rings (SSSR count). The first-order valence-corrected chi connectivity index (χ1v) is 6.91. The summed E-state index contributed by atoms with van der Waals surface area (Å²) in [5.74, 6) is 0.753. The Hall–Kier alpha value is -0.320. The lowest BCUT2D eigenvalue weighted by molar-refractivity contribution is 0.289. The number of rotatable bonds is 4. The third-order valence-electron chi connectivity index (χ3n) is 2.20. The average Bonchev–Trinajstić information content (AvgIpc) is 2.15. The van der Waals surface area contributed by atoms with Gasteiger partial charge in [0.15, 0.2) is 0 Å². The molecular weight excluding hydrogens is 256 g/mol. The van der Waals surface area contributed by atoms with Gasteiger partial charge >= 0.3 is 0 Å². The van der Waals surface area contributed by atoms with E-state index in [-0.39, 0.29) is 12.0 Å². The number of thioether (sulfide) groups is 1. The molecule has 0 aliphatic heterocycles. The van der Waals surface area contributed by atoms with Crippen LogP contribution >= 0.6 is 23.4 Å². The Labute approximate surface area is 112 Å². The molecule has 0 saturated carbocycles. The third kappa shape index (κ3) is 4.82. The Morgan fingerprint density at radius 1 is 1.41 bits per heavy atom. The van der Waals surface area contributed by atoms with Crippen molar-refractivity contribution in [2.75, 3.05) is 6.61 Å². The predicted octanol–water partition coefficient (Wildman–Crippen LogP) is 3.29. The first kappa shape index (κ1) is 14.7. The van der Waals surface area contributed by atoms with Crippen molar-refractivity contribution in [1.82, 2.24) is 9.97 Å². The zero-order valence-corrected chi connectivity index (χ0v) is 12.3. The summed E-state index contributed by atoms with van der Waals surface area (Å²) in [6, 6.07) is 1.77. The fourth-order valence-electron chi connectivity index (χ4n) is 1.24. The molecule has 1 N–H and O–H groups in total. The number of halogens is 1. The van der Waals surface area contributed by atoms with Crippen molar-refractivity contribution in [2.24, 2.45) is 0 Å². The van der Waals surface area contributed by atoms with Gasteiger partial charge in [0, 0.05) is 23.3 Å². The number of hydrogen-bond donors (Lipinski definition) is 1. The Bertz CT molecular complexity index is 379. The Morgan fingerprint density at radius 3 is 2.59 bits per heavy atom. The van der Waals surface area contributed by atoms with Crippen LogP contribution in [-0.2, 0) is 5.41 Å². The van der Waals surface area contributed by atoms with Crippen LogP contribution in [0.5, 0.6) is 0 Å². The summed E-state index contributed by atoms with van der Waals surface area (Å²) in [5, 5.41) is 10.5. The van der Waals surface area contributed by atoms with Crippen molar-refractivity contribution in [3.63, 3.8) is 0 Å². The normalized spacial score (nSPS) is 13.8. The highest BCUT2D eigenvalue weighted by Crippen LogP contribution is 2.28.